The summed E-state index contributed by atoms with van der Waals surface area (Å²) >= 11 is 0. The maximum Gasteiger partial charge on any atom is 0.416 e. The van der Waals surface area contributed by atoms with E-state index in [1.807, 2.05) is 144 Å². The van der Waals surface area contributed by atoms with Gasteiger partial charge in [0.25, 0.3) is 29.5 Å². The number of alkyl carbamates (subject to hydrolysis) is 1. The van der Waals surface area contributed by atoms with E-state index in [1.165, 1.54) is 6.08 Å². The van der Waals surface area contributed by atoms with Gasteiger partial charge in [0.05, 0.1) is 30.3 Å². The maximum absolute atomic E-state index is 11.8. The highest BCUT2D eigenvalue weighted by Gasteiger charge is 2.39. The van der Waals surface area contributed by atoms with Crippen LogP contribution in [-0.2, 0) is 62.4 Å². The van der Waals surface area contributed by atoms with Gasteiger partial charge < -0.3 is 50.8 Å². The van der Waals surface area contributed by atoms with Crippen molar-refractivity contribution in [2.45, 2.75) is 242 Å². The molecule has 0 aliphatic carbocycles. The van der Waals surface area contributed by atoms with Gasteiger partial charge in [-0.1, -0.05) is 189 Å². The van der Waals surface area contributed by atoms with Crippen molar-refractivity contribution in [1.29, 1.82) is 0 Å². The number of cyclic esters (lactones) is 1. The van der Waals surface area contributed by atoms with Gasteiger partial charge >= 0.3 is 24.0 Å². The second kappa shape index (κ2) is 58.2. The Bertz CT molecular complexity index is 3660. The number of alkyl halides is 3. The average Bonchev–Trinajstić information content (AvgIpc) is 1.64. The van der Waals surface area contributed by atoms with Gasteiger partial charge in [0.1, 0.15) is 18.1 Å². The molecule has 10 rings (SSSR count). The normalized spacial score (nSPS) is 17.6. The molecule has 0 spiro atoms. The van der Waals surface area contributed by atoms with Crippen LogP contribution in [0.3, 0.4) is 0 Å². The molecule has 676 valence electrons. The van der Waals surface area contributed by atoms with E-state index in [-0.39, 0.29) is 142 Å². The van der Waals surface area contributed by atoms with E-state index >= 15 is 0 Å². The van der Waals surface area contributed by atoms with E-state index < -0.39 is 30.4 Å². The number of aliphatic carboxylic acids is 1. The van der Waals surface area contributed by atoms with Gasteiger partial charge in [-0.2, -0.15) is 13.2 Å². The summed E-state index contributed by atoms with van der Waals surface area (Å²) in [6, 6.07) is 5.07. The van der Waals surface area contributed by atoms with E-state index in [4.69, 9.17) is 36.8 Å². The number of amides is 12. The van der Waals surface area contributed by atoms with Crippen molar-refractivity contribution in [1.82, 2.24) is 47.1 Å². The molecule has 5 unspecified atom stereocenters. The third kappa shape index (κ3) is 47.6. The second-order valence-corrected chi connectivity index (χ2v) is 32.7. The summed E-state index contributed by atoms with van der Waals surface area (Å²) in [7, 11) is 0. The molecule has 0 bridgehead atoms. The molecule has 33 nitrogen and oxygen atoms in total. The van der Waals surface area contributed by atoms with Gasteiger partial charge in [0.15, 0.2) is 11.9 Å². The number of nitrogen functional groups attached to an aromatic ring is 1. The van der Waals surface area contributed by atoms with Crippen LogP contribution in [0.4, 0.5) is 23.8 Å². The number of fused-ring (bicyclic) bond motifs is 1. The number of halogens is 3. The number of aromatic nitrogens is 2. The second-order valence-electron chi connectivity index (χ2n) is 32.7. The Kier molecular flexibility index (Phi) is 55.4. The number of carbonyl (C=O) groups excluding carboxylic acids is 12. The first kappa shape index (κ1) is 113. The molecule has 0 saturated carbocycles. The number of rotatable bonds is 16. The van der Waals surface area contributed by atoms with Crippen molar-refractivity contribution >= 4 is 82.9 Å². The van der Waals surface area contributed by atoms with E-state index in [0.717, 1.165) is 47.7 Å². The zero-order chi connectivity index (χ0) is 92.8. The molecule has 2 aromatic heterocycles. The summed E-state index contributed by atoms with van der Waals surface area (Å²) in [6.45, 7) is 53.0. The predicted molar refractivity (Wildman–Crippen MR) is 442 cm³/mol. The Morgan fingerprint density at radius 1 is 0.613 bits per heavy atom. The van der Waals surface area contributed by atoms with E-state index in [2.05, 4.69) is 64.7 Å². The fourth-order valence-corrected chi connectivity index (χ4v) is 9.74. The molecular formula is C83H137F3N12O21. The fraction of sp³-hybridized carbons (Fsp3) is 0.651. The number of hydroxylamine groups is 2. The number of aliphatic hydroxyl groups is 1. The molecule has 119 heavy (non-hydrogen) atoms. The molecule has 9 heterocycles. The van der Waals surface area contributed by atoms with Crippen LogP contribution in [0.5, 0.6) is 0 Å². The number of oxazole rings is 1. The number of imide groups is 5. The minimum absolute atomic E-state index is 0.00313. The molecule has 0 radical (unpaired) electrons. The van der Waals surface area contributed by atoms with Crippen LogP contribution in [0.15, 0.2) is 73.3 Å². The number of allylic oxidation sites excluding steroid dienone is 1. The van der Waals surface area contributed by atoms with Crippen molar-refractivity contribution in [3.05, 3.63) is 92.5 Å². The zero-order valence-corrected chi connectivity index (χ0v) is 74.3. The van der Waals surface area contributed by atoms with Gasteiger partial charge in [-0.3, -0.25) is 88.6 Å². The highest BCUT2D eigenvalue weighted by atomic mass is 19.4. The van der Waals surface area contributed by atoms with Crippen molar-refractivity contribution in [3.63, 3.8) is 0 Å². The first-order valence-electron chi connectivity index (χ1n) is 39.9. The highest BCUT2D eigenvalue weighted by Crippen LogP contribution is 2.26. The molecule has 15 N–H and O–H groups in total. The third-order valence-corrected chi connectivity index (χ3v) is 16.9. The molecule has 3 aromatic rings. The number of hydrogen-bond donors (Lipinski definition) is 12. The van der Waals surface area contributed by atoms with Gasteiger partial charge in [-0.25, -0.2) is 15.5 Å². The Morgan fingerprint density at radius 3 is 1.28 bits per heavy atom. The van der Waals surface area contributed by atoms with Crippen molar-refractivity contribution < 1.29 is 109 Å². The van der Waals surface area contributed by atoms with Gasteiger partial charge in [-0.15, -0.1) is 5.06 Å². The number of aromatic amines is 1. The Balaban J connectivity index is -0.00000124. The Morgan fingerprint density at radius 2 is 1.09 bits per heavy atom. The van der Waals surface area contributed by atoms with Crippen LogP contribution in [-0.4, -0.2) is 154 Å². The Hall–Kier alpha value is -9.78. The third-order valence-electron chi connectivity index (χ3n) is 16.9. The van der Waals surface area contributed by atoms with E-state index in [9.17, 15) is 80.3 Å². The lowest BCUT2D eigenvalue weighted by Gasteiger charge is -2.16. The van der Waals surface area contributed by atoms with Crippen LogP contribution in [0.25, 0.3) is 0 Å². The standard InChI is InChI=1S/C12H13NO3.2C7H11NO2.C7H9NO2.C7H13NO.C7H11NO.C6H12F3N.C6H10N2O.C6H9NO3.C6H9NO2.C4H11NO.C4H8O2.C4H10O/c1-8(2)7-16-13-11(14)9-5-3-4-6-10(9)12(13)15;3*1-4(2)5-3-6(9)8-7(5)10;2*1-5(2)6-3-4-8-7(6)9;1-4(2)3-5(10)6(7,8)9;1-4(2)5-3-9-8-6(5)7;1-3(2)4-5(8)7-6(9)10-4;1-4(2)5-3-7-6(8)9-5;1-4(2)3-6-5;1-3(2)4(5)6;1-4(2)3-5/h3-6,8H,7H2,1-2H3;2*4-5H,3H2,1-2H3,(H,8,9,10);3-4H,1-2H3,(H,8,9,10);5-6H,3-4H2,1-2H3,(H,8,9);3-4H2,1-2H3,(H,8,9);4-5H,3,10H2,1-2H3;3-4H,1-2H3,(H2,7,8);3-4H,1-2H3,(H,7,8,9);3-4H,1-2H3,(H,7,8);4H,3,5H2,1-2H3;3H,1-2H3,(H,5,6);4-5H,3H2,1-2H3. The van der Waals surface area contributed by atoms with E-state index in [1.54, 1.807) is 64.4 Å². The minimum atomic E-state index is -4.23. The molecule has 36 heteroatoms. The maximum atomic E-state index is 11.8. The number of benzene rings is 1. The van der Waals surface area contributed by atoms with Crippen molar-refractivity contribution in [2.75, 3.05) is 38.6 Å². The molecular weight excluding hydrogens is 1560 g/mol. The molecule has 12 amide bonds. The number of ether oxygens (including phenoxy) is 1. The molecule has 5 saturated heterocycles. The van der Waals surface area contributed by atoms with Crippen LogP contribution in [0, 0.1) is 76.9 Å². The predicted octanol–water partition coefficient (Wildman–Crippen LogP) is 10.9. The summed E-state index contributed by atoms with van der Waals surface area (Å²) in [5, 5.41) is 34.9. The number of anilines is 1. The number of nitrogens with zero attached hydrogens (tertiary/aromatic N) is 2. The van der Waals surface area contributed by atoms with Crippen molar-refractivity contribution in [2.24, 2.45) is 88.6 Å². The number of nitrogens with two attached hydrogens (primary N) is 3. The number of carbonyl (C=O) groups is 13. The lowest BCUT2D eigenvalue weighted by molar-refractivity contribution is -0.150. The summed E-state index contributed by atoms with van der Waals surface area (Å²) in [5.74, 6) is 6.10. The SMILES string of the molecule is CC(C)=C1CCNC1=O.CC(C)C(=O)O.CC(C)C1=CC(=O)NC1=O.CC(C)C1CC(=O)NC1=O.CC(C)C1CC(=O)NC1=O.CC(C)C1CCNC1=O.CC(C)C1OC(=O)NC1=O.CC(C)CC(N)C(F)(F)F.CC(C)CO.CC(C)CON.CC(C)CON1C(=O)c2ccccc2C1=O.CC(C)c1c[nH]c(=O)o1.CC(C)c1conc1N. The first-order chi connectivity index (χ1) is 54.9. The van der Waals surface area contributed by atoms with Crippen LogP contribution in [0.2, 0.25) is 0 Å². The first-order valence-corrected chi connectivity index (χ1v) is 39.9. The van der Waals surface area contributed by atoms with Crippen LogP contribution < -0.4 is 55.0 Å². The van der Waals surface area contributed by atoms with Gasteiger partial charge in [0.2, 0.25) is 35.4 Å². The summed E-state index contributed by atoms with van der Waals surface area (Å²) < 4.78 is 49.1. The fourth-order valence-electron chi connectivity index (χ4n) is 9.74. The number of nitrogens with one attached hydrogen (secondary N) is 7. The van der Waals surface area contributed by atoms with E-state index in [0.29, 0.717) is 84.6 Å². The molecule has 7 aliphatic rings. The van der Waals surface area contributed by atoms with Crippen molar-refractivity contribution in [3.8, 4) is 0 Å². The molecule has 5 fully saturated rings. The zero-order valence-electron chi connectivity index (χ0n) is 74.3. The molecule has 5 atom stereocenters. The largest absolute Gasteiger partial charge is 0.481 e. The number of hydrogen-bond acceptors (Lipinski definition) is 24. The molecule has 7 aliphatic heterocycles. The van der Waals surface area contributed by atoms with Crippen LogP contribution in [0.1, 0.15) is 256 Å². The number of carboxylic acid groups (broad SMARTS) is 1. The topological polar surface area (TPSA) is 516 Å². The smallest absolute Gasteiger partial charge is 0.416 e. The minimum Gasteiger partial charge on any atom is -0.481 e. The number of carboxylic acids is 1. The summed E-state index contributed by atoms with van der Waals surface area (Å²) in [4.78, 5) is 163. The quantitative estimate of drug-likeness (QED) is 0.0360. The lowest BCUT2D eigenvalue weighted by atomic mass is 9.95. The summed E-state index contributed by atoms with van der Waals surface area (Å²) in [5.41, 5.74) is 14.8. The highest BCUT2D eigenvalue weighted by molar-refractivity contribution is 6.20. The monoisotopic (exact) mass is 1690 g/mol. The average molecular weight is 1700 g/mol. The number of aliphatic hydroxyl groups excluding tert-OH is 1. The summed E-state index contributed by atoms with van der Waals surface area (Å²) in [6.07, 6.45) is 1.74. The molecule has 1 aromatic carbocycles. The van der Waals surface area contributed by atoms with Gasteiger partial charge in [0, 0.05) is 85.2 Å². The van der Waals surface area contributed by atoms with Gasteiger partial charge in [-0.05, 0) is 104 Å². The lowest BCUT2D eigenvalue weighted by Crippen LogP contribution is -2.38. The Labute approximate surface area is 698 Å². The van der Waals surface area contributed by atoms with Crippen LogP contribution >= 0.6 is 0 Å². The number of H-pyrrole nitrogens is 1.